The number of halogens is 5. The number of fused-ring (bicyclic) bond motifs is 1. The molecule has 18 heavy (non-hydrogen) atoms. The third-order valence-corrected chi connectivity index (χ3v) is 3.00. The van der Waals surface area contributed by atoms with E-state index in [1.54, 1.807) is 18.2 Å². The maximum atomic E-state index is 12.3. The van der Waals surface area contributed by atoms with E-state index >= 15 is 0 Å². The van der Waals surface area contributed by atoms with E-state index in [1.165, 1.54) is 4.57 Å². The van der Waals surface area contributed by atoms with Gasteiger partial charge < -0.3 is 4.57 Å². The summed E-state index contributed by atoms with van der Waals surface area (Å²) in [6.45, 7) is -0.206. The fourth-order valence-corrected chi connectivity index (χ4v) is 2.11. The molecule has 0 N–H and O–H groups in total. The number of benzene rings is 1. The van der Waals surface area contributed by atoms with Crippen LogP contribution < -0.4 is 0 Å². The van der Waals surface area contributed by atoms with Gasteiger partial charge in [0.05, 0.1) is 23.3 Å². The number of aromatic nitrogens is 2. The minimum Gasteiger partial charge on any atom is -0.327 e. The maximum absolute atomic E-state index is 12.3. The Kier molecular flexibility index (Phi) is 3.73. The zero-order valence-corrected chi connectivity index (χ0v) is 10.6. The van der Waals surface area contributed by atoms with Crippen LogP contribution in [0.15, 0.2) is 18.2 Å². The highest BCUT2D eigenvalue weighted by Crippen LogP contribution is 2.25. The standard InChI is InChI=1S/C11H9Cl2F3N2/c12-6-10-17-8-2-1-7(13)5-9(8)18(10)4-3-11(14,15)16/h1-2,5H,3-4,6H2. The molecule has 0 aliphatic rings. The van der Waals surface area contributed by atoms with Crippen LogP contribution in [0.1, 0.15) is 12.2 Å². The molecule has 1 aromatic carbocycles. The van der Waals surface area contributed by atoms with Crippen molar-refractivity contribution in [3.05, 3.63) is 29.0 Å². The predicted octanol–water partition coefficient (Wildman–Crippen LogP) is 4.38. The summed E-state index contributed by atoms with van der Waals surface area (Å²) in [5.41, 5.74) is 1.17. The van der Waals surface area contributed by atoms with Gasteiger partial charge in [-0.15, -0.1) is 11.6 Å². The average molecular weight is 297 g/mol. The van der Waals surface area contributed by atoms with Crippen molar-refractivity contribution in [3.8, 4) is 0 Å². The topological polar surface area (TPSA) is 17.8 Å². The molecule has 0 spiro atoms. The van der Waals surface area contributed by atoms with E-state index in [4.69, 9.17) is 23.2 Å². The molecule has 0 aliphatic carbocycles. The molecule has 0 unspecified atom stereocenters. The van der Waals surface area contributed by atoms with Crippen molar-refractivity contribution < 1.29 is 13.2 Å². The molecule has 0 bridgehead atoms. The molecule has 0 aliphatic heterocycles. The third kappa shape index (κ3) is 2.90. The lowest BCUT2D eigenvalue weighted by Crippen LogP contribution is -2.13. The van der Waals surface area contributed by atoms with Crippen LogP contribution in [0.25, 0.3) is 11.0 Å². The van der Waals surface area contributed by atoms with E-state index < -0.39 is 12.6 Å². The van der Waals surface area contributed by atoms with Crippen LogP contribution in [-0.2, 0) is 12.4 Å². The van der Waals surface area contributed by atoms with Crippen LogP contribution in [0, 0.1) is 0 Å². The highest BCUT2D eigenvalue weighted by atomic mass is 35.5. The predicted molar refractivity (Wildman–Crippen MR) is 65.0 cm³/mol. The van der Waals surface area contributed by atoms with E-state index in [2.05, 4.69) is 4.98 Å². The highest BCUT2D eigenvalue weighted by molar-refractivity contribution is 6.31. The zero-order chi connectivity index (χ0) is 13.3. The summed E-state index contributed by atoms with van der Waals surface area (Å²) in [5, 5.41) is 0.455. The first kappa shape index (κ1) is 13.5. The zero-order valence-electron chi connectivity index (χ0n) is 9.14. The minimum atomic E-state index is -4.21. The summed E-state index contributed by atoms with van der Waals surface area (Å²) in [4.78, 5) is 4.18. The molecular weight excluding hydrogens is 288 g/mol. The van der Waals surface area contributed by atoms with Gasteiger partial charge in [0.15, 0.2) is 0 Å². The van der Waals surface area contributed by atoms with Crippen LogP contribution in [0.3, 0.4) is 0 Å². The lowest BCUT2D eigenvalue weighted by atomic mass is 10.3. The first-order chi connectivity index (χ1) is 8.40. The number of nitrogens with zero attached hydrogens (tertiary/aromatic N) is 2. The smallest absolute Gasteiger partial charge is 0.327 e. The molecule has 0 atom stereocenters. The summed E-state index contributed by atoms with van der Waals surface area (Å²) >= 11 is 11.5. The van der Waals surface area contributed by atoms with Gasteiger partial charge in [-0.3, -0.25) is 0 Å². The lowest BCUT2D eigenvalue weighted by molar-refractivity contribution is -0.136. The number of aryl methyl sites for hydroxylation is 1. The van der Waals surface area contributed by atoms with Crippen molar-refractivity contribution in [3.63, 3.8) is 0 Å². The van der Waals surface area contributed by atoms with Crippen LogP contribution in [0.4, 0.5) is 13.2 Å². The fourth-order valence-electron chi connectivity index (χ4n) is 1.74. The maximum Gasteiger partial charge on any atom is 0.390 e. The first-order valence-corrected chi connectivity index (χ1v) is 6.09. The van der Waals surface area contributed by atoms with E-state index in [0.717, 1.165) is 0 Å². The van der Waals surface area contributed by atoms with Crippen molar-refractivity contribution in [1.29, 1.82) is 0 Å². The molecule has 0 amide bonds. The van der Waals surface area contributed by atoms with Gasteiger partial charge in [-0.2, -0.15) is 13.2 Å². The van der Waals surface area contributed by atoms with Crippen molar-refractivity contribution in [1.82, 2.24) is 9.55 Å². The Morgan fingerprint density at radius 3 is 2.61 bits per heavy atom. The second-order valence-electron chi connectivity index (χ2n) is 3.81. The molecule has 2 nitrogen and oxygen atoms in total. The minimum absolute atomic E-state index is 0.0597. The summed E-state index contributed by atoms with van der Waals surface area (Å²) < 4.78 is 38.3. The Labute approximate surface area is 111 Å². The number of rotatable bonds is 3. The van der Waals surface area contributed by atoms with Crippen molar-refractivity contribution >= 4 is 34.2 Å². The van der Waals surface area contributed by atoms with Gasteiger partial charge in [-0.05, 0) is 18.2 Å². The normalized spacial score (nSPS) is 12.3. The van der Waals surface area contributed by atoms with Gasteiger partial charge in [0, 0.05) is 11.6 Å². The summed E-state index contributed by atoms with van der Waals surface area (Å²) in [7, 11) is 0. The van der Waals surface area contributed by atoms with Gasteiger partial charge in [-0.25, -0.2) is 4.98 Å². The highest BCUT2D eigenvalue weighted by Gasteiger charge is 2.27. The number of imidazole rings is 1. The molecule has 0 radical (unpaired) electrons. The van der Waals surface area contributed by atoms with E-state index in [-0.39, 0.29) is 12.4 Å². The largest absolute Gasteiger partial charge is 0.390 e. The molecular formula is C11H9Cl2F3N2. The van der Waals surface area contributed by atoms with Gasteiger partial charge >= 0.3 is 6.18 Å². The van der Waals surface area contributed by atoms with Crippen molar-refractivity contribution in [2.45, 2.75) is 25.0 Å². The fraction of sp³-hybridized carbons (Fsp3) is 0.364. The second-order valence-corrected chi connectivity index (χ2v) is 4.52. The molecule has 2 rings (SSSR count). The molecule has 0 fully saturated rings. The van der Waals surface area contributed by atoms with Crippen LogP contribution in [-0.4, -0.2) is 15.7 Å². The second kappa shape index (κ2) is 4.97. The van der Waals surface area contributed by atoms with Crippen LogP contribution in [0.2, 0.25) is 5.02 Å². The number of alkyl halides is 4. The summed E-state index contributed by atoms with van der Waals surface area (Å²) in [6.07, 6.45) is -5.13. The number of hydrogen-bond donors (Lipinski definition) is 0. The summed E-state index contributed by atoms with van der Waals surface area (Å²) in [6, 6.07) is 4.90. The Morgan fingerprint density at radius 2 is 2.00 bits per heavy atom. The quantitative estimate of drug-likeness (QED) is 0.769. The Hall–Kier alpha value is -0.940. The first-order valence-electron chi connectivity index (χ1n) is 5.18. The molecule has 1 heterocycles. The van der Waals surface area contributed by atoms with Crippen molar-refractivity contribution in [2.75, 3.05) is 0 Å². The van der Waals surface area contributed by atoms with Gasteiger partial charge in [0.25, 0.3) is 0 Å². The molecule has 98 valence electrons. The van der Waals surface area contributed by atoms with Crippen LogP contribution >= 0.6 is 23.2 Å². The lowest BCUT2D eigenvalue weighted by Gasteiger charge is -2.10. The van der Waals surface area contributed by atoms with Gasteiger partial charge in [0.2, 0.25) is 0 Å². The van der Waals surface area contributed by atoms with E-state index in [9.17, 15) is 13.2 Å². The van der Waals surface area contributed by atoms with Gasteiger partial charge in [-0.1, -0.05) is 11.6 Å². The van der Waals surface area contributed by atoms with Crippen LogP contribution in [0.5, 0.6) is 0 Å². The molecule has 7 heteroatoms. The number of hydrogen-bond acceptors (Lipinski definition) is 1. The Balaban J connectivity index is 2.42. The molecule has 0 saturated heterocycles. The molecule has 1 aromatic heterocycles. The van der Waals surface area contributed by atoms with E-state index in [1.807, 2.05) is 0 Å². The van der Waals surface area contributed by atoms with Gasteiger partial charge in [0.1, 0.15) is 5.82 Å². The Bertz CT molecular complexity index is 563. The third-order valence-electron chi connectivity index (χ3n) is 2.53. The summed E-state index contributed by atoms with van der Waals surface area (Å²) in [5.74, 6) is 0.475. The molecule has 0 saturated carbocycles. The van der Waals surface area contributed by atoms with E-state index in [0.29, 0.717) is 21.9 Å². The average Bonchev–Trinajstić information content (AvgIpc) is 2.62. The molecule has 2 aromatic rings. The van der Waals surface area contributed by atoms with Crippen molar-refractivity contribution in [2.24, 2.45) is 0 Å². The monoisotopic (exact) mass is 296 g/mol. The Morgan fingerprint density at radius 1 is 1.28 bits per heavy atom. The SMILES string of the molecule is FC(F)(F)CCn1c(CCl)nc2ccc(Cl)cc21.